The molecule has 0 radical (unpaired) electrons. The summed E-state index contributed by atoms with van der Waals surface area (Å²) in [5, 5.41) is 25.8. The van der Waals surface area contributed by atoms with Crippen molar-refractivity contribution in [2.45, 2.75) is 0 Å². The zero-order valence-corrected chi connectivity index (χ0v) is 73.8. The lowest BCUT2D eigenvalue weighted by molar-refractivity contribution is 0.124. The van der Waals surface area contributed by atoms with E-state index in [1.54, 1.807) is 0 Å². The van der Waals surface area contributed by atoms with Gasteiger partial charge in [-0.15, -0.1) is 0 Å². The van der Waals surface area contributed by atoms with Gasteiger partial charge < -0.3 is 56.8 Å². The van der Waals surface area contributed by atoms with Gasteiger partial charge in [0.2, 0.25) is 40.8 Å². The zero-order valence-electron chi connectivity index (χ0n) is 73.8. The molecule has 0 spiro atoms. The molecule has 0 amide bonds. The van der Waals surface area contributed by atoms with Gasteiger partial charge in [0.1, 0.15) is 69.0 Å². The van der Waals surface area contributed by atoms with Gasteiger partial charge in [-0.25, -0.2) is 0 Å². The minimum absolute atomic E-state index is 0.0838. The molecular weight excluding hydrogens is 1710 g/mol. The maximum absolute atomic E-state index is 6.50. The summed E-state index contributed by atoms with van der Waals surface area (Å²) in [5.41, 5.74) is 25.1. The smallest absolute Gasteiger partial charge is 0.230 e. The van der Waals surface area contributed by atoms with Crippen molar-refractivity contribution in [2.24, 2.45) is 0 Å². The average Bonchev–Trinajstić information content (AvgIpc) is 1.06. The van der Waals surface area contributed by atoms with E-state index in [0.717, 1.165) is 332 Å². The Kier molecular flexibility index (Phi) is 15.7. The molecule has 0 atom stereocenters. The van der Waals surface area contributed by atoms with Gasteiger partial charge >= 0.3 is 0 Å². The molecule has 36 aliphatic carbocycles. The van der Waals surface area contributed by atoms with Gasteiger partial charge in [0.15, 0.2) is 0 Å². The highest BCUT2D eigenvalue weighted by atomic mass is 16.7. The largest absolute Gasteiger partial charge is 0.457 e. The van der Waals surface area contributed by atoms with Gasteiger partial charge in [-0.05, 0) is 342 Å². The quantitative estimate of drug-likeness (QED) is 0.144. The van der Waals surface area contributed by atoms with Crippen LogP contribution in [0.25, 0.3) is 263 Å². The van der Waals surface area contributed by atoms with Crippen LogP contribution in [-0.4, -0.2) is 40.8 Å². The molecular formula is C126H72O12. The molecule has 6 heterocycles. The van der Waals surface area contributed by atoms with Gasteiger partial charge in [0.05, 0.1) is 0 Å². The van der Waals surface area contributed by atoms with Crippen LogP contribution in [0.1, 0.15) is 0 Å². The maximum atomic E-state index is 6.50. The minimum Gasteiger partial charge on any atom is -0.457 e. The third-order valence-electron chi connectivity index (χ3n) is 29.9. The molecule has 24 aromatic carbocycles. The van der Waals surface area contributed by atoms with Crippen molar-refractivity contribution in [3.05, 3.63) is 364 Å². The normalized spacial score (nSPS) is 13.7. The molecule has 42 aliphatic rings. The van der Waals surface area contributed by atoms with E-state index in [-0.39, 0.29) is 40.8 Å². The summed E-state index contributed by atoms with van der Waals surface area (Å²) in [6.07, 6.45) is 0. The fraction of sp³-hybridized carbons (Fsp3) is 0.0476. The SMILES string of the molecule is c1cc2c3c4ccc2cc1-c1ccc2c5c(ccc2c1)OCOc1ccc2cc(ccc2c1-5)-c1ccc2c5c(ccc2c1)OCOc1ccc2cc(ccc2c1-5)-c1ccc2c5c(ccc2c1)OCOc1ccc2cc(ccc2c1-5)-c1ccc2c5c(ccc2c1)OCOc1ccc2cc(ccc2c1-5)-c1ccc2c5c(ccc2c1)OCOc1ccc2cc(ccc2c1-5)-c1ccc2c-3c(ccc2c1)OCO4. The molecule has 48 bridgehead atoms. The van der Waals surface area contributed by atoms with E-state index < -0.39 is 0 Å². The van der Waals surface area contributed by atoms with E-state index in [1.165, 1.54) is 0 Å². The first-order chi connectivity index (χ1) is 68.3. The average molecular weight is 1780 g/mol. The van der Waals surface area contributed by atoms with E-state index in [0.29, 0.717) is 0 Å². The number of ether oxygens (including phenoxy) is 12. The van der Waals surface area contributed by atoms with Crippen LogP contribution in [0, 0.1) is 0 Å². The standard InChI is InChI=1S/C126H72O12/c1-25-91-79-13-37-103-115(91)116-93-27-3-69(51-81(93)15-39-104(116)128-61-127-103)70-5-29-95-83(52-70)17-41-107-119(95)120-97-31-7-73(55-85(97)19-43-108(120)132-63-131-107)74-9-33-99-87(56-74)21-45-111-123(99)124-101-35-11-77(59-89(101)23-47-112(124)136-65-135-111)78-12-36-102-90(60-78)24-48-114-126(102)125-100-34-10-76(58-88(100)22-46-113(125)137-66-138-114)75-8-32-98-86(57-75)20-44-110-122(98)121-96-30-6-72(54-84(96)18-42-109(121)133-64-134-110)71-4-28-94-82(53-71)16-40-106-118(94)117-92-26-2-68(67(1)49-79)50-80(92)14-38-105(117)129-62-130-106/h1-60H,61-66H2. The van der Waals surface area contributed by atoms with Crippen LogP contribution in [0.15, 0.2) is 364 Å². The number of benzene rings is 24. The highest BCUT2D eigenvalue weighted by Crippen LogP contribution is 2.58. The molecule has 138 heavy (non-hydrogen) atoms. The van der Waals surface area contributed by atoms with Crippen LogP contribution in [0.3, 0.4) is 0 Å². The molecule has 0 saturated carbocycles. The van der Waals surface area contributed by atoms with Crippen LogP contribution < -0.4 is 56.8 Å². The molecule has 24 aromatic rings. The van der Waals surface area contributed by atoms with Gasteiger partial charge in [-0.1, -0.05) is 218 Å². The highest BCUT2D eigenvalue weighted by molar-refractivity contribution is 6.20. The predicted molar refractivity (Wildman–Crippen MR) is 552 cm³/mol. The van der Waals surface area contributed by atoms with E-state index in [4.69, 9.17) is 56.8 Å². The van der Waals surface area contributed by atoms with Crippen LogP contribution in [0.5, 0.6) is 69.0 Å². The summed E-state index contributed by atoms with van der Waals surface area (Å²) in [4.78, 5) is 0. The number of rotatable bonds is 0. The molecule has 12 nitrogen and oxygen atoms in total. The topological polar surface area (TPSA) is 111 Å². The number of hydrogen-bond donors (Lipinski definition) is 0. The van der Waals surface area contributed by atoms with Crippen molar-refractivity contribution in [1.82, 2.24) is 0 Å². The van der Waals surface area contributed by atoms with Crippen molar-refractivity contribution < 1.29 is 56.8 Å². The number of hydrogen-bond acceptors (Lipinski definition) is 12. The summed E-state index contributed by atoms with van der Waals surface area (Å²) < 4.78 is 78.0. The lowest BCUT2D eigenvalue weighted by atomic mass is 9.88. The third kappa shape index (κ3) is 11.3. The summed E-state index contributed by atoms with van der Waals surface area (Å²) in [6.45, 7) is 0.503. The minimum atomic E-state index is 0.0838. The van der Waals surface area contributed by atoms with Crippen LogP contribution >= 0.6 is 0 Å². The van der Waals surface area contributed by atoms with Crippen molar-refractivity contribution in [3.63, 3.8) is 0 Å². The summed E-state index contributed by atoms with van der Waals surface area (Å²) in [5.74, 6) is 9.22. The first-order valence-corrected chi connectivity index (χ1v) is 46.7. The van der Waals surface area contributed by atoms with Gasteiger partial charge in [0.25, 0.3) is 0 Å². The lowest BCUT2D eigenvalue weighted by Gasteiger charge is -2.17. The molecule has 0 unspecified atom stereocenters. The molecule has 12 heteroatoms. The molecule has 0 aromatic heterocycles. The highest BCUT2D eigenvalue weighted by Gasteiger charge is 2.33. The van der Waals surface area contributed by atoms with Crippen molar-refractivity contribution >= 4 is 129 Å². The summed E-state index contributed by atoms with van der Waals surface area (Å²) in [6, 6.07) is 132. The van der Waals surface area contributed by atoms with Crippen LogP contribution in [0.4, 0.5) is 0 Å². The molecule has 66 rings (SSSR count). The Labute approximate surface area is 788 Å². The van der Waals surface area contributed by atoms with Crippen molar-refractivity contribution in [1.29, 1.82) is 0 Å². The van der Waals surface area contributed by atoms with E-state index >= 15 is 0 Å². The van der Waals surface area contributed by atoms with Crippen LogP contribution in [-0.2, 0) is 0 Å². The molecule has 0 fully saturated rings. The molecule has 0 saturated heterocycles. The Morgan fingerprint density at radius 2 is 0.181 bits per heavy atom. The fourth-order valence-electron chi connectivity index (χ4n) is 23.3. The fourth-order valence-corrected chi connectivity index (χ4v) is 23.3. The third-order valence-corrected chi connectivity index (χ3v) is 29.9. The lowest BCUT2D eigenvalue weighted by Crippen LogP contribution is -2.03. The second-order valence-electron chi connectivity index (χ2n) is 36.9. The Hall–Kier alpha value is -18.0. The van der Waals surface area contributed by atoms with E-state index in [2.05, 4.69) is 364 Å². The van der Waals surface area contributed by atoms with Crippen LogP contribution in [0.2, 0.25) is 0 Å². The first-order valence-electron chi connectivity index (χ1n) is 46.7. The van der Waals surface area contributed by atoms with Gasteiger partial charge in [0, 0.05) is 66.8 Å². The van der Waals surface area contributed by atoms with Crippen molar-refractivity contribution in [2.75, 3.05) is 40.8 Å². The van der Waals surface area contributed by atoms with E-state index in [9.17, 15) is 0 Å². The Bertz CT molecular complexity index is 7730. The Morgan fingerprint density at radius 3 is 0.268 bits per heavy atom. The van der Waals surface area contributed by atoms with Crippen molar-refractivity contribution in [3.8, 4) is 203 Å². The molecule has 0 N–H and O–H groups in total. The second-order valence-corrected chi connectivity index (χ2v) is 36.9. The summed E-state index contributed by atoms with van der Waals surface area (Å²) >= 11 is 0. The Balaban J connectivity index is 0.544. The molecule has 6 aliphatic heterocycles. The monoisotopic (exact) mass is 1780 g/mol. The van der Waals surface area contributed by atoms with Gasteiger partial charge in [-0.3, -0.25) is 0 Å². The van der Waals surface area contributed by atoms with E-state index in [1.807, 2.05) is 0 Å². The maximum Gasteiger partial charge on any atom is 0.230 e. The zero-order chi connectivity index (χ0) is 89.8. The summed E-state index contributed by atoms with van der Waals surface area (Å²) in [7, 11) is 0. The first kappa shape index (κ1) is 75.5. The van der Waals surface area contributed by atoms with Gasteiger partial charge in [-0.2, -0.15) is 0 Å². The second kappa shape index (κ2) is 28.8. The molecule has 648 valence electrons. The predicted octanol–water partition coefficient (Wildman–Crippen LogP) is 32.2. The Morgan fingerprint density at radius 1 is 0.0942 bits per heavy atom.